The molecular formula is C47H57ClF2N12O5. The lowest BCUT2D eigenvalue weighted by Gasteiger charge is -2.51. The van der Waals surface area contributed by atoms with Gasteiger partial charge in [-0.05, 0) is 100 Å². The second-order valence-electron chi connectivity index (χ2n) is 19.1. The first-order valence-electron chi connectivity index (χ1n) is 23.5. The zero-order chi connectivity index (χ0) is 46.6. The van der Waals surface area contributed by atoms with Gasteiger partial charge in [-0.3, -0.25) is 29.5 Å². The second kappa shape index (κ2) is 18.2. The minimum atomic E-state index is -2.83. The lowest BCUT2D eigenvalue weighted by Crippen LogP contribution is -2.59. The lowest BCUT2D eigenvalue weighted by molar-refractivity contribution is -0.189. The third kappa shape index (κ3) is 8.56. The molecule has 4 saturated heterocycles. The number of nitrogens with zero attached hydrogens (tertiary/aromatic N) is 9. The predicted octanol–water partition coefficient (Wildman–Crippen LogP) is 5.34. The van der Waals surface area contributed by atoms with Crippen LogP contribution in [-0.2, 0) is 22.5 Å². The van der Waals surface area contributed by atoms with Crippen molar-refractivity contribution in [3.8, 4) is 0 Å². The molecule has 1 unspecified atom stereocenters. The number of urea groups is 1. The van der Waals surface area contributed by atoms with Gasteiger partial charge in [0.2, 0.25) is 5.91 Å². The van der Waals surface area contributed by atoms with Crippen LogP contribution in [0.1, 0.15) is 83.5 Å². The minimum Gasteiger partial charge on any atom is -0.385 e. The first-order valence-corrected chi connectivity index (χ1v) is 23.9. The largest absolute Gasteiger partial charge is 0.385 e. The van der Waals surface area contributed by atoms with E-state index in [1.54, 1.807) is 22.7 Å². The molecule has 20 heteroatoms. The third-order valence-electron chi connectivity index (χ3n) is 15.3. The number of carbonyl (C=O) groups excluding carboxylic acids is 4. The van der Waals surface area contributed by atoms with E-state index in [4.69, 9.17) is 21.4 Å². The Kier molecular flexibility index (Phi) is 12.3. The van der Waals surface area contributed by atoms with E-state index in [1.165, 1.54) is 17.2 Å². The Morgan fingerprint density at radius 1 is 0.910 bits per heavy atom. The van der Waals surface area contributed by atoms with Crippen LogP contribution in [0.2, 0.25) is 5.02 Å². The summed E-state index contributed by atoms with van der Waals surface area (Å²) < 4.78 is 40.0. The molecule has 3 aromatic heterocycles. The number of anilines is 4. The number of fused-ring (bicyclic) bond motifs is 2. The molecule has 0 radical (unpaired) electrons. The number of hydrogen-bond acceptors (Lipinski definition) is 12. The van der Waals surface area contributed by atoms with Crippen LogP contribution in [0, 0.1) is 11.3 Å². The van der Waals surface area contributed by atoms with Gasteiger partial charge in [-0.1, -0.05) is 23.7 Å². The van der Waals surface area contributed by atoms with E-state index in [-0.39, 0.29) is 60.1 Å². The number of imide groups is 1. The number of amides is 5. The summed E-state index contributed by atoms with van der Waals surface area (Å²) in [5.74, 6) is -2.71. The van der Waals surface area contributed by atoms with E-state index >= 15 is 8.78 Å². The SMILES string of the molecule is CNc1cc(N2CCc3c(CN4CCC5(CCN(CC6CCN(C(=O)c7cc(N8CCC(=O)NC8=O)c(Cl)cn7)CC6)CC5)C(F)(F)C4)cccc32)nn2c(C(=O)NC3CC[C@H]3OC)cnc12. The number of piperidine rings is 3. The number of pyridine rings is 1. The van der Waals surface area contributed by atoms with E-state index in [1.807, 2.05) is 24.1 Å². The van der Waals surface area contributed by atoms with Crippen molar-refractivity contribution in [2.24, 2.45) is 11.3 Å². The van der Waals surface area contributed by atoms with Gasteiger partial charge in [0.05, 0.1) is 41.3 Å². The van der Waals surface area contributed by atoms with Crippen LogP contribution in [0.4, 0.5) is 36.5 Å². The van der Waals surface area contributed by atoms with E-state index < -0.39 is 17.4 Å². The van der Waals surface area contributed by atoms with Gasteiger partial charge in [-0.15, -0.1) is 5.10 Å². The number of nitrogens with one attached hydrogen (secondary N) is 3. The van der Waals surface area contributed by atoms with Crippen molar-refractivity contribution < 1.29 is 32.7 Å². The normalized spacial score (nSPS) is 23.3. The molecule has 356 valence electrons. The number of rotatable bonds is 11. The molecule has 5 fully saturated rings. The number of methoxy groups -OCH3 is 1. The molecule has 6 aliphatic rings. The highest BCUT2D eigenvalue weighted by Crippen LogP contribution is 2.51. The summed E-state index contributed by atoms with van der Waals surface area (Å²) in [6, 6.07) is 8.89. The van der Waals surface area contributed by atoms with E-state index in [0.29, 0.717) is 93.8 Å². The van der Waals surface area contributed by atoms with Crippen LogP contribution in [-0.4, -0.2) is 149 Å². The molecule has 67 heavy (non-hydrogen) atoms. The zero-order valence-electron chi connectivity index (χ0n) is 37.9. The molecule has 1 spiro atoms. The quantitative estimate of drug-likeness (QED) is 0.177. The average molecular weight is 944 g/mol. The lowest BCUT2D eigenvalue weighted by atomic mass is 9.68. The maximum Gasteiger partial charge on any atom is 0.328 e. The average Bonchev–Trinajstić information content (AvgIpc) is 3.96. The van der Waals surface area contributed by atoms with Crippen LogP contribution >= 0.6 is 11.6 Å². The molecule has 8 heterocycles. The maximum absolute atomic E-state index is 16.5. The molecule has 1 saturated carbocycles. The molecule has 4 aromatic rings. The number of halogens is 3. The number of imidazole rings is 1. The third-order valence-corrected chi connectivity index (χ3v) is 15.6. The Labute approximate surface area is 392 Å². The second-order valence-corrected chi connectivity index (χ2v) is 19.5. The van der Waals surface area contributed by atoms with Crippen molar-refractivity contribution in [2.75, 3.05) is 88.2 Å². The Bertz CT molecular complexity index is 2580. The Morgan fingerprint density at radius 2 is 1.67 bits per heavy atom. The summed E-state index contributed by atoms with van der Waals surface area (Å²) in [5, 5.41) is 13.7. The smallest absolute Gasteiger partial charge is 0.328 e. The first kappa shape index (κ1) is 45.3. The van der Waals surface area contributed by atoms with Crippen molar-refractivity contribution in [3.05, 3.63) is 70.3 Å². The van der Waals surface area contributed by atoms with Crippen LogP contribution in [0.25, 0.3) is 5.65 Å². The molecule has 2 atom stereocenters. The van der Waals surface area contributed by atoms with Crippen molar-refractivity contribution >= 4 is 63.9 Å². The summed E-state index contributed by atoms with van der Waals surface area (Å²) in [7, 11) is 3.47. The van der Waals surface area contributed by atoms with Gasteiger partial charge in [0.1, 0.15) is 5.69 Å². The summed E-state index contributed by atoms with van der Waals surface area (Å²) in [6.07, 6.45) is 8.46. The van der Waals surface area contributed by atoms with Crippen LogP contribution in [0.5, 0.6) is 0 Å². The standard InChI is InChI=1S/C47H57ClF2N12O5/c1-51-34-23-40(56-62-38(25-53-42(34)62)43(64)54-33-6-7-39(33)67-2)60-17-10-31-30(4-3-5-36(31)60)27-58-21-14-46(47(49,50)28-58)12-19-57(20-13-46)26-29-8-15-59(16-9-29)44(65)35-22-37(32(48)24-52-35)61-18-11-41(63)55-45(61)66/h3-5,22-25,29,33,39,51H,6-21,26-28H2,1-2H3,(H,54,64)(H,55,63,66)/t33?,39-/m1/s1. The number of ether oxygens (including phenoxy) is 1. The maximum atomic E-state index is 16.5. The highest BCUT2D eigenvalue weighted by Gasteiger charge is 2.57. The molecule has 17 nitrogen and oxygen atoms in total. The van der Waals surface area contributed by atoms with E-state index in [9.17, 15) is 19.2 Å². The Hall–Kier alpha value is -5.50. The van der Waals surface area contributed by atoms with Gasteiger partial charge in [-0.25, -0.2) is 28.1 Å². The van der Waals surface area contributed by atoms with E-state index in [2.05, 4.69) is 47.9 Å². The fraction of sp³-hybridized carbons (Fsp3) is 0.553. The number of likely N-dealkylation sites (tertiary alicyclic amines) is 3. The summed E-state index contributed by atoms with van der Waals surface area (Å²) >= 11 is 6.35. The molecule has 1 aromatic carbocycles. The molecule has 1 aliphatic carbocycles. The van der Waals surface area contributed by atoms with Gasteiger partial charge in [0.25, 0.3) is 17.7 Å². The Morgan fingerprint density at radius 3 is 2.39 bits per heavy atom. The van der Waals surface area contributed by atoms with E-state index in [0.717, 1.165) is 61.2 Å². The first-order chi connectivity index (χ1) is 32.3. The van der Waals surface area contributed by atoms with Crippen molar-refractivity contribution in [3.63, 3.8) is 0 Å². The van der Waals surface area contributed by atoms with Gasteiger partial charge in [0, 0.05) is 83.2 Å². The van der Waals surface area contributed by atoms with Crippen molar-refractivity contribution in [1.29, 1.82) is 0 Å². The summed E-state index contributed by atoms with van der Waals surface area (Å²) in [6.45, 7) is 4.73. The van der Waals surface area contributed by atoms with Crippen LogP contribution in [0.3, 0.4) is 0 Å². The summed E-state index contributed by atoms with van der Waals surface area (Å²) in [5.41, 5.74) is 4.24. The van der Waals surface area contributed by atoms with Crippen molar-refractivity contribution in [2.45, 2.75) is 82.4 Å². The number of alkyl halides is 2. The van der Waals surface area contributed by atoms with Crippen LogP contribution in [0.15, 0.2) is 42.7 Å². The number of aromatic nitrogens is 4. The number of hydrogen-bond donors (Lipinski definition) is 3. The molecular weight excluding hydrogens is 886 g/mol. The van der Waals surface area contributed by atoms with Gasteiger partial charge in [-0.2, -0.15) is 0 Å². The van der Waals surface area contributed by atoms with Crippen LogP contribution < -0.4 is 25.8 Å². The van der Waals surface area contributed by atoms with Gasteiger partial charge >= 0.3 is 6.03 Å². The van der Waals surface area contributed by atoms with Gasteiger partial charge < -0.3 is 30.1 Å². The molecule has 5 amide bonds. The molecule has 5 aliphatic heterocycles. The topological polar surface area (TPSA) is 173 Å². The minimum absolute atomic E-state index is 0.00617. The molecule has 10 rings (SSSR count). The summed E-state index contributed by atoms with van der Waals surface area (Å²) in [4.78, 5) is 69.3. The Balaban J connectivity index is 0.730. The zero-order valence-corrected chi connectivity index (χ0v) is 38.7. The fourth-order valence-corrected chi connectivity index (χ4v) is 11.3. The highest BCUT2D eigenvalue weighted by molar-refractivity contribution is 6.34. The van der Waals surface area contributed by atoms with Gasteiger partial charge in [0.15, 0.2) is 17.2 Å². The number of carbonyl (C=O) groups is 4. The predicted molar refractivity (Wildman–Crippen MR) is 247 cm³/mol. The monoisotopic (exact) mass is 942 g/mol. The molecule has 3 N–H and O–H groups in total. The molecule has 0 bridgehead atoms. The fourth-order valence-electron chi connectivity index (χ4n) is 11.1. The highest BCUT2D eigenvalue weighted by atomic mass is 35.5. The number of benzene rings is 1. The van der Waals surface area contributed by atoms with Crippen molar-refractivity contribution in [1.82, 2.24) is 44.9 Å².